The van der Waals surface area contributed by atoms with Crippen molar-refractivity contribution in [2.75, 3.05) is 13.6 Å². The summed E-state index contributed by atoms with van der Waals surface area (Å²) in [7, 11) is 1.74. The summed E-state index contributed by atoms with van der Waals surface area (Å²) in [6.45, 7) is 1.38. The molecule has 0 amide bonds. The first-order valence-electron chi connectivity index (χ1n) is 7.78. The second-order valence-corrected chi connectivity index (χ2v) is 6.47. The molecule has 130 valence electrons. The van der Waals surface area contributed by atoms with E-state index < -0.39 is 0 Å². The van der Waals surface area contributed by atoms with E-state index in [4.69, 9.17) is 16.1 Å². The second kappa shape index (κ2) is 8.64. The summed E-state index contributed by atoms with van der Waals surface area (Å²) in [5.41, 5.74) is 2.07. The van der Waals surface area contributed by atoms with E-state index in [2.05, 4.69) is 42.6 Å². The molecule has 0 atom stereocenters. The largest absolute Gasteiger partial charge is 0.356 e. The molecule has 0 spiro atoms. The number of aliphatic imine (C=N–C) groups is 1. The van der Waals surface area contributed by atoms with Crippen molar-refractivity contribution in [1.29, 1.82) is 0 Å². The van der Waals surface area contributed by atoms with Crippen LogP contribution in [0.5, 0.6) is 0 Å². The Hall–Kier alpha value is -2.38. The number of nitrogens with zero attached hydrogens (tertiary/aromatic N) is 3. The molecule has 0 bridgehead atoms. The van der Waals surface area contributed by atoms with Crippen LogP contribution in [-0.2, 0) is 13.0 Å². The van der Waals surface area contributed by atoms with Crippen LogP contribution in [0.4, 0.5) is 0 Å². The average molecular weight is 376 g/mol. The Kier molecular flexibility index (Phi) is 6.03. The van der Waals surface area contributed by atoms with Gasteiger partial charge in [-0.2, -0.15) is 16.3 Å². The summed E-state index contributed by atoms with van der Waals surface area (Å²) < 4.78 is 5.29. The van der Waals surface area contributed by atoms with Crippen molar-refractivity contribution in [3.05, 3.63) is 57.6 Å². The number of hydrogen-bond donors (Lipinski definition) is 2. The number of nitrogens with one attached hydrogen (secondary N) is 2. The van der Waals surface area contributed by atoms with Gasteiger partial charge in [0.15, 0.2) is 5.96 Å². The van der Waals surface area contributed by atoms with E-state index >= 15 is 0 Å². The number of guanidine groups is 1. The summed E-state index contributed by atoms with van der Waals surface area (Å²) in [4.78, 5) is 8.59. The average Bonchev–Trinajstić information content (AvgIpc) is 3.30. The van der Waals surface area contributed by atoms with Gasteiger partial charge in [-0.25, -0.2) is 0 Å². The van der Waals surface area contributed by atoms with Crippen LogP contribution in [-0.4, -0.2) is 29.7 Å². The Morgan fingerprint density at radius 2 is 2.24 bits per heavy atom. The quantitative estimate of drug-likeness (QED) is 0.510. The van der Waals surface area contributed by atoms with E-state index in [1.54, 1.807) is 18.4 Å². The number of hydrogen-bond acceptors (Lipinski definition) is 5. The molecule has 0 saturated carbocycles. The minimum Gasteiger partial charge on any atom is -0.356 e. The van der Waals surface area contributed by atoms with E-state index in [1.165, 1.54) is 5.56 Å². The molecule has 0 aliphatic carbocycles. The highest BCUT2D eigenvalue weighted by atomic mass is 35.5. The standard InChI is InChI=1S/C17H18ClN5OS/c1-19-17(21-10-12-6-8-25-11-12)20-7-5-15-22-16(23-24-15)13-3-2-4-14(18)9-13/h2-4,6,8-9,11H,5,7,10H2,1H3,(H2,19,20,21). The van der Waals surface area contributed by atoms with Gasteiger partial charge in [0.2, 0.25) is 11.7 Å². The molecule has 0 aliphatic heterocycles. The Balaban J connectivity index is 1.48. The van der Waals surface area contributed by atoms with Crippen molar-refractivity contribution >= 4 is 28.9 Å². The highest BCUT2D eigenvalue weighted by molar-refractivity contribution is 7.07. The molecule has 8 heteroatoms. The van der Waals surface area contributed by atoms with Crippen LogP contribution < -0.4 is 10.6 Å². The molecule has 1 aromatic carbocycles. The molecule has 3 rings (SSSR count). The molecule has 2 N–H and O–H groups in total. The SMILES string of the molecule is CN=C(NCCc1nc(-c2cccc(Cl)c2)no1)NCc1ccsc1. The first-order valence-corrected chi connectivity index (χ1v) is 9.11. The summed E-state index contributed by atoms with van der Waals surface area (Å²) >= 11 is 7.67. The maximum atomic E-state index is 5.99. The molecule has 6 nitrogen and oxygen atoms in total. The third kappa shape index (κ3) is 5.04. The zero-order chi connectivity index (χ0) is 17.5. The Morgan fingerprint density at radius 3 is 3.00 bits per heavy atom. The van der Waals surface area contributed by atoms with Gasteiger partial charge < -0.3 is 15.2 Å². The Bertz CT molecular complexity index is 831. The maximum Gasteiger partial charge on any atom is 0.228 e. The first-order chi connectivity index (χ1) is 12.2. The number of benzene rings is 1. The van der Waals surface area contributed by atoms with Crippen molar-refractivity contribution < 1.29 is 4.52 Å². The molecule has 2 heterocycles. The van der Waals surface area contributed by atoms with Crippen molar-refractivity contribution in [3.8, 4) is 11.4 Å². The molecule has 2 aromatic heterocycles. The molecular weight excluding hydrogens is 358 g/mol. The fourth-order valence-corrected chi connectivity index (χ4v) is 3.05. The Morgan fingerprint density at radius 1 is 1.32 bits per heavy atom. The van der Waals surface area contributed by atoms with E-state index in [0.717, 1.165) is 18.1 Å². The van der Waals surface area contributed by atoms with Gasteiger partial charge in [-0.1, -0.05) is 28.9 Å². The predicted octanol–water partition coefficient (Wildman–Crippen LogP) is 3.36. The van der Waals surface area contributed by atoms with Crippen LogP contribution in [0.3, 0.4) is 0 Å². The lowest BCUT2D eigenvalue weighted by Crippen LogP contribution is -2.37. The van der Waals surface area contributed by atoms with E-state index in [0.29, 0.717) is 29.7 Å². The third-order valence-electron chi connectivity index (χ3n) is 3.45. The minimum atomic E-state index is 0.539. The van der Waals surface area contributed by atoms with Gasteiger partial charge in [-0.05, 0) is 34.5 Å². The van der Waals surface area contributed by atoms with Gasteiger partial charge in [0.1, 0.15) is 0 Å². The summed E-state index contributed by atoms with van der Waals surface area (Å²) in [5.74, 6) is 1.84. The normalized spacial score (nSPS) is 11.5. The second-order valence-electron chi connectivity index (χ2n) is 5.26. The number of aromatic nitrogens is 2. The number of halogens is 1. The van der Waals surface area contributed by atoms with E-state index in [-0.39, 0.29) is 0 Å². The van der Waals surface area contributed by atoms with Crippen LogP contribution in [0.25, 0.3) is 11.4 Å². The summed E-state index contributed by atoms with van der Waals surface area (Å²) in [6.07, 6.45) is 0.604. The zero-order valence-electron chi connectivity index (χ0n) is 13.7. The topological polar surface area (TPSA) is 75.3 Å². The molecule has 3 aromatic rings. The van der Waals surface area contributed by atoms with Gasteiger partial charge in [0, 0.05) is 37.1 Å². The predicted molar refractivity (Wildman–Crippen MR) is 101 cm³/mol. The number of thiophene rings is 1. The molecule has 0 saturated heterocycles. The van der Waals surface area contributed by atoms with Gasteiger partial charge >= 0.3 is 0 Å². The summed E-state index contributed by atoms with van der Waals surface area (Å²) in [6, 6.07) is 9.46. The van der Waals surface area contributed by atoms with Crippen LogP contribution in [0.2, 0.25) is 5.02 Å². The molecule has 0 unspecified atom stereocenters. The maximum absolute atomic E-state index is 5.99. The van der Waals surface area contributed by atoms with Crippen LogP contribution in [0.1, 0.15) is 11.5 Å². The fraction of sp³-hybridized carbons (Fsp3) is 0.235. The highest BCUT2D eigenvalue weighted by Crippen LogP contribution is 2.19. The van der Waals surface area contributed by atoms with Crippen molar-refractivity contribution in [2.24, 2.45) is 4.99 Å². The van der Waals surface area contributed by atoms with Crippen LogP contribution >= 0.6 is 22.9 Å². The van der Waals surface area contributed by atoms with Gasteiger partial charge in [-0.15, -0.1) is 0 Å². The smallest absolute Gasteiger partial charge is 0.228 e. The molecular formula is C17H18ClN5OS. The van der Waals surface area contributed by atoms with Crippen molar-refractivity contribution in [3.63, 3.8) is 0 Å². The molecule has 0 radical (unpaired) electrons. The van der Waals surface area contributed by atoms with E-state index in [9.17, 15) is 0 Å². The monoisotopic (exact) mass is 375 g/mol. The third-order valence-corrected chi connectivity index (χ3v) is 4.41. The van der Waals surface area contributed by atoms with Gasteiger partial charge in [0.05, 0.1) is 0 Å². The van der Waals surface area contributed by atoms with Crippen molar-refractivity contribution in [1.82, 2.24) is 20.8 Å². The highest BCUT2D eigenvalue weighted by Gasteiger charge is 2.09. The lowest BCUT2D eigenvalue weighted by atomic mass is 10.2. The Labute approximate surface area is 154 Å². The zero-order valence-corrected chi connectivity index (χ0v) is 15.3. The van der Waals surface area contributed by atoms with E-state index in [1.807, 2.05) is 24.3 Å². The fourth-order valence-electron chi connectivity index (χ4n) is 2.19. The first kappa shape index (κ1) is 17.4. The minimum absolute atomic E-state index is 0.539. The van der Waals surface area contributed by atoms with Gasteiger partial charge in [0.25, 0.3) is 0 Å². The number of rotatable bonds is 6. The van der Waals surface area contributed by atoms with Crippen LogP contribution in [0.15, 0.2) is 50.6 Å². The van der Waals surface area contributed by atoms with Crippen molar-refractivity contribution in [2.45, 2.75) is 13.0 Å². The molecule has 0 fully saturated rings. The van der Waals surface area contributed by atoms with Gasteiger partial charge in [-0.3, -0.25) is 4.99 Å². The molecule has 0 aliphatic rings. The lowest BCUT2D eigenvalue weighted by molar-refractivity contribution is 0.378. The molecule has 25 heavy (non-hydrogen) atoms. The lowest BCUT2D eigenvalue weighted by Gasteiger charge is -2.10. The van der Waals surface area contributed by atoms with Crippen LogP contribution in [0, 0.1) is 0 Å². The summed E-state index contributed by atoms with van der Waals surface area (Å²) in [5, 5.41) is 15.3.